The van der Waals surface area contributed by atoms with Crippen LogP contribution in [0.15, 0.2) is 47.5 Å². The Hall–Kier alpha value is -1.54. The van der Waals surface area contributed by atoms with Gasteiger partial charge in [0.1, 0.15) is 11.6 Å². The van der Waals surface area contributed by atoms with Gasteiger partial charge in [-0.05, 0) is 42.0 Å². The van der Waals surface area contributed by atoms with Gasteiger partial charge in [0.2, 0.25) is 0 Å². The summed E-state index contributed by atoms with van der Waals surface area (Å²) < 4.78 is 18.3. The summed E-state index contributed by atoms with van der Waals surface area (Å²) in [5, 5.41) is 3.41. The highest BCUT2D eigenvalue weighted by atomic mass is 127. The third-order valence-corrected chi connectivity index (χ3v) is 3.98. The fourth-order valence-corrected chi connectivity index (χ4v) is 2.69. The van der Waals surface area contributed by atoms with Crippen molar-refractivity contribution in [2.75, 3.05) is 19.0 Å². The van der Waals surface area contributed by atoms with Crippen LogP contribution in [-0.4, -0.2) is 19.6 Å². The third-order valence-electron chi connectivity index (χ3n) is 3.67. The molecule has 2 rings (SSSR count). The number of nitrogens with one attached hydrogen (secondary N) is 1. The smallest absolute Gasteiger partial charge is 0.193 e. The molecule has 136 valence electrons. The number of hydrogen-bond donors (Lipinski definition) is 2. The van der Waals surface area contributed by atoms with E-state index in [4.69, 9.17) is 22.1 Å². The molecule has 2 aromatic carbocycles. The first kappa shape index (κ1) is 21.5. The predicted octanol–water partition coefficient (Wildman–Crippen LogP) is 4.81. The van der Waals surface area contributed by atoms with Gasteiger partial charge in [0.05, 0.1) is 13.7 Å². The summed E-state index contributed by atoms with van der Waals surface area (Å²) >= 11 is 6.14. The topological polar surface area (TPSA) is 59.6 Å². The van der Waals surface area contributed by atoms with Crippen molar-refractivity contribution in [2.45, 2.75) is 19.3 Å². The molecule has 0 fully saturated rings. The molecule has 7 heteroatoms. The first-order valence-corrected chi connectivity index (χ1v) is 7.86. The van der Waals surface area contributed by atoms with E-state index in [0.717, 1.165) is 17.0 Å². The van der Waals surface area contributed by atoms with E-state index in [2.05, 4.69) is 10.3 Å². The Bertz CT molecular complexity index is 736. The van der Waals surface area contributed by atoms with Crippen molar-refractivity contribution in [1.29, 1.82) is 0 Å². The van der Waals surface area contributed by atoms with Crippen molar-refractivity contribution >= 4 is 47.2 Å². The fourth-order valence-electron chi connectivity index (χ4n) is 2.27. The van der Waals surface area contributed by atoms with E-state index in [9.17, 15) is 4.39 Å². The second-order valence-corrected chi connectivity index (χ2v) is 6.47. The van der Waals surface area contributed by atoms with Crippen LogP contribution in [0.1, 0.15) is 19.4 Å². The standard InChI is InChI=1S/C18H21ClFN3O.HI/c1-18(2,15-9-4-12(20)10-16(15)19)11-22-17(21)23-13-5-7-14(24-3)8-6-13;/h4-10H,11H2,1-3H3,(H3,21,22,23);1H. The van der Waals surface area contributed by atoms with E-state index in [0.29, 0.717) is 17.5 Å². The van der Waals surface area contributed by atoms with Crippen molar-refractivity contribution in [3.8, 4) is 5.75 Å². The lowest BCUT2D eigenvalue weighted by Gasteiger charge is -2.24. The number of rotatable bonds is 5. The zero-order valence-electron chi connectivity index (χ0n) is 14.3. The van der Waals surface area contributed by atoms with Gasteiger partial charge in [0, 0.05) is 16.1 Å². The van der Waals surface area contributed by atoms with E-state index < -0.39 is 0 Å². The van der Waals surface area contributed by atoms with Gasteiger partial charge >= 0.3 is 0 Å². The molecule has 0 spiro atoms. The van der Waals surface area contributed by atoms with Gasteiger partial charge in [-0.15, -0.1) is 24.0 Å². The fraction of sp³-hybridized carbons (Fsp3) is 0.278. The molecular weight excluding hydrogens is 456 g/mol. The van der Waals surface area contributed by atoms with Gasteiger partial charge in [0.15, 0.2) is 5.96 Å². The van der Waals surface area contributed by atoms with E-state index in [1.54, 1.807) is 13.2 Å². The molecule has 0 aromatic heterocycles. The number of anilines is 1. The first-order valence-electron chi connectivity index (χ1n) is 7.48. The zero-order chi connectivity index (χ0) is 17.7. The monoisotopic (exact) mass is 477 g/mol. The van der Waals surface area contributed by atoms with Crippen molar-refractivity contribution in [3.63, 3.8) is 0 Å². The number of benzene rings is 2. The van der Waals surface area contributed by atoms with Gasteiger partial charge in [-0.3, -0.25) is 4.99 Å². The van der Waals surface area contributed by atoms with Crippen LogP contribution in [0.3, 0.4) is 0 Å². The summed E-state index contributed by atoms with van der Waals surface area (Å²) in [6, 6.07) is 11.7. The van der Waals surface area contributed by atoms with Gasteiger partial charge in [-0.2, -0.15) is 0 Å². The minimum absolute atomic E-state index is 0. The highest BCUT2D eigenvalue weighted by Crippen LogP contribution is 2.30. The molecule has 3 N–H and O–H groups in total. The van der Waals surface area contributed by atoms with Crippen LogP contribution in [0.5, 0.6) is 5.75 Å². The predicted molar refractivity (Wildman–Crippen MR) is 113 cm³/mol. The van der Waals surface area contributed by atoms with Crippen LogP contribution in [-0.2, 0) is 5.41 Å². The molecule has 0 amide bonds. The third kappa shape index (κ3) is 6.04. The Morgan fingerprint density at radius 1 is 1.24 bits per heavy atom. The number of aliphatic imine (C=N–C) groups is 1. The van der Waals surface area contributed by atoms with Crippen LogP contribution >= 0.6 is 35.6 Å². The molecule has 4 nitrogen and oxygen atoms in total. The Labute approximate surface area is 169 Å². The lowest BCUT2D eigenvalue weighted by atomic mass is 9.84. The highest BCUT2D eigenvalue weighted by Gasteiger charge is 2.23. The van der Waals surface area contributed by atoms with Crippen LogP contribution in [0.4, 0.5) is 10.1 Å². The average molecular weight is 478 g/mol. The largest absolute Gasteiger partial charge is 0.497 e. The molecule has 0 saturated heterocycles. The lowest BCUT2D eigenvalue weighted by molar-refractivity contribution is 0.415. The van der Waals surface area contributed by atoms with Gasteiger partial charge in [-0.25, -0.2) is 4.39 Å². The van der Waals surface area contributed by atoms with E-state index in [-0.39, 0.29) is 35.2 Å². The second kappa shape index (κ2) is 9.24. The molecule has 0 aliphatic heterocycles. The molecular formula is C18H22ClFIN3O. The van der Waals surface area contributed by atoms with Gasteiger partial charge in [0.25, 0.3) is 0 Å². The molecule has 0 atom stereocenters. The average Bonchev–Trinajstić information content (AvgIpc) is 2.53. The Morgan fingerprint density at radius 3 is 2.44 bits per heavy atom. The Balaban J connectivity index is 0.00000312. The zero-order valence-corrected chi connectivity index (χ0v) is 17.4. The number of guanidine groups is 1. The summed E-state index contributed by atoms with van der Waals surface area (Å²) in [5.41, 5.74) is 7.20. The number of nitrogens with two attached hydrogens (primary N) is 1. The van der Waals surface area contributed by atoms with Crippen LogP contribution in [0.2, 0.25) is 5.02 Å². The first-order chi connectivity index (χ1) is 11.3. The molecule has 0 bridgehead atoms. The number of ether oxygens (including phenoxy) is 1. The highest BCUT2D eigenvalue weighted by molar-refractivity contribution is 14.0. The van der Waals surface area contributed by atoms with Crippen LogP contribution < -0.4 is 15.8 Å². The maximum atomic E-state index is 13.2. The minimum Gasteiger partial charge on any atom is -0.497 e. The summed E-state index contributed by atoms with van der Waals surface area (Å²) in [6.07, 6.45) is 0. The Morgan fingerprint density at radius 2 is 1.88 bits per heavy atom. The van der Waals surface area contributed by atoms with Crippen molar-refractivity contribution < 1.29 is 9.13 Å². The maximum Gasteiger partial charge on any atom is 0.193 e. The van der Waals surface area contributed by atoms with Crippen molar-refractivity contribution in [2.24, 2.45) is 10.7 Å². The maximum absolute atomic E-state index is 13.2. The van der Waals surface area contributed by atoms with E-state index in [1.165, 1.54) is 12.1 Å². The summed E-state index contributed by atoms with van der Waals surface area (Å²) in [6.45, 7) is 4.37. The number of methoxy groups -OCH3 is 1. The van der Waals surface area contributed by atoms with Crippen molar-refractivity contribution in [1.82, 2.24) is 0 Å². The SMILES string of the molecule is COc1ccc(NC(N)=NCC(C)(C)c2ccc(F)cc2Cl)cc1.I. The lowest BCUT2D eigenvalue weighted by Crippen LogP contribution is -2.28. The Kier molecular flexibility index (Phi) is 7.95. The second-order valence-electron chi connectivity index (χ2n) is 6.06. The quantitative estimate of drug-likeness (QED) is 0.369. The molecule has 0 aliphatic rings. The van der Waals surface area contributed by atoms with Gasteiger partial charge in [-0.1, -0.05) is 31.5 Å². The molecule has 0 saturated carbocycles. The minimum atomic E-state index is -0.378. The summed E-state index contributed by atoms with van der Waals surface area (Å²) in [4.78, 5) is 4.37. The number of halogens is 3. The molecule has 0 aliphatic carbocycles. The van der Waals surface area contributed by atoms with E-state index in [1.807, 2.05) is 38.1 Å². The molecule has 2 aromatic rings. The van der Waals surface area contributed by atoms with Crippen molar-refractivity contribution in [3.05, 3.63) is 58.9 Å². The van der Waals surface area contributed by atoms with Crippen LogP contribution in [0.25, 0.3) is 0 Å². The summed E-state index contributed by atoms with van der Waals surface area (Å²) in [7, 11) is 1.61. The molecule has 0 radical (unpaired) electrons. The normalized spacial score (nSPS) is 11.6. The summed E-state index contributed by atoms with van der Waals surface area (Å²) in [5.74, 6) is 0.707. The van der Waals surface area contributed by atoms with Crippen LogP contribution in [0, 0.1) is 5.82 Å². The number of nitrogens with zero attached hydrogens (tertiary/aromatic N) is 1. The molecule has 0 unspecified atom stereocenters. The molecule has 0 heterocycles. The van der Waals surface area contributed by atoms with E-state index >= 15 is 0 Å². The van der Waals surface area contributed by atoms with Gasteiger partial charge < -0.3 is 15.8 Å². The molecule has 25 heavy (non-hydrogen) atoms. The number of hydrogen-bond acceptors (Lipinski definition) is 2.